The maximum atomic E-state index is 14.2. The molecule has 4 unspecified atom stereocenters. The van der Waals surface area contributed by atoms with Crippen molar-refractivity contribution in [3.63, 3.8) is 0 Å². The molecule has 0 saturated carbocycles. The first kappa shape index (κ1) is 23.7. The van der Waals surface area contributed by atoms with Crippen LogP contribution in [-0.2, 0) is 0 Å². The van der Waals surface area contributed by atoms with Crippen LogP contribution in [0.1, 0.15) is 56.8 Å². The molecule has 0 aliphatic carbocycles. The Hall–Kier alpha value is -3.00. The summed E-state index contributed by atoms with van der Waals surface area (Å²) in [5, 5.41) is 11.5. The number of allylic oxidation sites excluding steroid dienone is 1. The Morgan fingerprint density at radius 1 is 1.29 bits per heavy atom. The molecule has 4 aliphatic rings. The standard InChI is InChI=1S/C27H34FN5O2/c1-4-7-33-19-8-17(3)24(33)11-20(10-19)35-25-9-18(28)5-6-21(25)27(34)32-14-22(23(29)15-32)26-30-12-16(2)13-31-26/h5-6,9,12-13,17,19-20,24,29-30H,4,7-8,10-11,14-15H2,1-3H3/b26-22+,29-23?. The van der Waals surface area contributed by atoms with Crippen LogP contribution in [-0.4, -0.2) is 65.5 Å². The summed E-state index contributed by atoms with van der Waals surface area (Å²) in [6.45, 7) is 8.02. The van der Waals surface area contributed by atoms with Gasteiger partial charge in [0.05, 0.1) is 24.4 Å². The summed E-state index contributed by atoms with van der Waals surface area (Å²) in [7, 11) is 0. The number of nitrogens with one attached hydrogen (secondary N) is 2. The minimum absolute atomic E-state index is 0.0400. The van der Waals surface area contributed by atoms with Crippen LogP contribution in [0.2, 0.25) is 0 Å². The number of aliphatic imine (C=N–C) groups is 1. The predicted molar refractivity (Wildman–Crippen MR) is 134 cm³/mol. The van der Waals surface area contributed by atoms with E-state index >= 15 is 0 Å². The first-order valence-corrected chi connectivity index (χ1v) is 12.6. The summed E-state index contributed by atoms with van der Waals surface area (Å²) < 4.78 is 20.6. The van der Waals surface area contributed by atoms with Crippen LogP contribution in [0.3, 0.4) is 0 Å². The van der Waals surface area contributed by atoms with Crippen LogP contribution in [0.15, 0.2) is 46.4 Å². The van der Waals surface area contributed by atoms with Gasteiger partial charge in [0.1, 0.15) is 23.5 Å². The number of hydrogen-bond donors (Lipinski definition) is 2. The van der Waals surface area contributed by atoms with E-state index in [-0.39, 0.29) is 25.1 Å². The number of piperidine rings is 1. The molecule has 186 valence electrons. The maximum Gasteiger partial charge on any atom is 0.258 e. The van der Waals surface area contributed by atoms with Gasteiger partial charge in [-0.15, -0.1) is 0 Å². The Morgan fingerprint density at radius 2 is 2.11 bits per heavy atom. The smallest absolute Gasteiger partial charge is 0.258 e. The van der Waals surface area contributed by atoms with Crippen LogP contribution in [0.25, 0.3) is 0 Å². The van der Waals surface area contributed by atoms with Crippen LogP contribution in [0.5, 0.6) is 5.75 Å². The number of likely N-dealkylation sites (tertiary alicyclic amines) is 1. The zero-order valence-electron chi connectivity index (χ0n) is 20.7. The Balaban J connectivity index is 1.33. The molecule has 3 saturated heterocycles. The number of carbonyl (C=O) groups excluding carboxylic acids is 1. The van der Waals surface area contributed by atoms with Crippen LogP contribution in [0, 0.1) is 17.1 Å². The van der Waals surface area contributed by atoms with Crippen LogP contribution >= 0.6 is 0 Å². The number of carbonyl (C=O) groups is 1. The van der Waals surface area contributed by atoms with Gasteiger partial charge in [-0.05, 0) is 56.4 Å². The Kier molecular flexibility index (Phi) is 6.49. The summed E-state index contributed by atoms with van der Waals surface area (Å²) in [5.41, 5.74) is 2.38. The summed E-state index contributed by atoms with van der Waals surface area (Å²) in [6.07, 6.45) is 7.61. The number of amides is 1. The topological polar surface area (TPSA) is 81.0 Å². The van der Waals surface area contributed by atoms with Gasteiger partial charge in [0.25, 0.3) is 5.91 Å². The molecular weight excluding hydrogens is 445 g/mol. The number of benzene rings is 1. The van der Waals surface area contributed by atoms with Gasteiger partial charge in [-0.3, -0.25) is 9.69 Å². The summed E-state index contributed by atoms with van der Waals surface area (Å²) in [5.74, 6) is 0.833. The van der Waals surface area contributed by atoms with Gasteiger partial charge < -0.3 is 20.4 Å². The van der Waals surface area contributed by atoms with Gasteiger partial charge in [-0.25, -0.2) is 9.38 Å². The van der Waals surface area contributed by atoms with Gasteiger partial charge >= 0.3 is 0 Å². The number of halogens is 1. The van der Waals surface area contributed by atoms with Crippen molar-refractivity contribution in [2.45, 2.75) is 64.6 Å². The van der Waals surface area contributed by atoms with E-state index in [9.17, 15) is 9.18 Å². The number of rotatable bonds is 5. The molecule has 0 radical (unpaired) electrons. The third-order valence-electron chi connectivity index (χ3n) is 7.65. The molecule has 1 amide bonds. The fraction of sp³-hybridized carbons (Fsp3) is 0.519. The van der Waals surface area contributed by atoms with Gasteiger partial charge in [-0.1, -0.05) is 13.8 Å². The van der Waals surface area contributed by atoms with Crippen molar-refractivity contribution in [1.82, 2.24) is 15.1 Å². The molecule has 5 rings (SSSR count). The van der Waals surface area contributed by atoms with Crippen molar-refractivity contribution in [2.24, 2.45) is 10.9 Å². The van der Waals surface area contributed by atoms with Crippen molar-refractivity contribution >= 4 is 17.8 Å². The summed E-state index contributed by atoms with van der Waals surface area (Å²) >= 11 is 0. The number of ether oxygens (including phenoxy) is 1. The zero-order chi connectivity index (χ0) is 24.7. The molecule has 8 heteroatoms. The number of nitrogens with zero attached hydrogens (tertiary/aromatic N) is 3. The average Bonchev–Trinajstić information content (AvgIpc) is 3.29. The van der Waals surface area contributed by atoms with E-state index < -0.39 is 5.82 Å². The Bertz CT molecular complexity index is 1130. The fourth-order valence-corrected chi connectivity index (χ4v) is 5.99. The quantitative estimate of drug-likeness (QED) is 0.666. The summed E-state index contributed by atoms with van der Waals surface area (Å²) in [4.78, 5) is 22.1. The van der Waals surface area contributed by atoms with E-state index in [1.54, 1.807) is 11.1 Å². The average molecular weight is 480 g/mol. The van der Waals surface area contributed by atoms with E-state index in [2.05, 4.69) is 29.1 Å². The Morgan fingerprint density at radius 3 is 2.83 bits per heavy atom. The normalized spacial score (nSPS) is 30.5. The van der Waals surface area contributed by atoms with Crippen molar-refractivity contribution in [2.75, 3.05) is 19.6 Å². The van der Waals surface area contributed by atoms with Gasteiger partial charge in [0, 0.05) is 42.6 Å². The molecular formula is C27H34FN5O2. The molecule has 4 atom stereocenters. The largest absolute Gasteiger partial charge is 0.489 e. The van der Waals surface area contributed by atoms with Crippen molar-refractivity contribution < 1.29 is 13.9 Å². The fourth-order valence-electron chi connectivity index (χ4n) is 5.99. The second-order valence-corrected chi connectivity index (χ2v) is 10.3. The SMILES string of the molecule is CCCN1C2CC(Oc3cc(F)ccc3C(=O)N3CC(=N)/C(=C4/N=CC(C)=CN4)C3)CC1C(C)C2. The van der Waals surface area contributed by atoms with E-state index in [0.717, 1.165) is 37.8 Å². The molecule has 3 fully saturated rings. The highest BCUT2D eigenvalue weighted by molar-refractivity contribution is 6.08. The third kappa shape index (κ3) is 4.63. The second-order valence-electron chi connectivity index (χ2n) is 10.3. The lowest BCUT2D eigenvalue weighted by atomic mass is 9.96. The lowest BCUT2D eigenvalue weighted by Gasteiger charge is -2.39. The van der Waals surface area contributed by atoms with Gasteiger partial charge in [-0.2, -0.15) is 0 Å². The molecule has 35 heavy (non-hydrogen) atoms. The van der Waals surface area contributed by atoms with E-state index in [1.807, 2.05) is 13.1 Å². The molecule has 1 aromatic carbocycles. The van der Waals surface area contributed by atoms with Crippen molar-refractivity contribution in [3.8, 4) is 5.75 Å². The van der Waals surface area contributed by atoms with Crippen LogP contribution in [0.4, 0.5) is 4.39 Å². The number of hydrogen-bond acceptors (Lipinski definition) is 6. The molecule has 0 spiro atoms. The molecule has 1 aromatic rings. The lowest BCUT2D eigenvalue weighted by molar-refractivity contribution is 0.0428. The van der Waals surface area contributed by atoms with Gasteiger partial charge in [0.2, 0.25) is 0 Å². The molecule has 4 aliphatic heterocycles. The molecule has 2 N–H and O–H groups in total. The predicted octanol–water partition coefficient (Wildman–Crippen LogP) is 4.12. The maximum absolute atomic E-state index is 14.2. The minimum atomic E-state index is -0.420. The second kappa shape index (κ2) is 9.57. The zero-order valence-corrected chi connectivity index (χ0v) is 20.7. The highest BCUT2D eigenvalue weighted by atomic mass is 19.1. The van der Waals surface area contributed by atoms with Crippen LogP contribution < -0.4 is 10.1 Å². The molecule has 0 aromatic heterocycles. The van der Waals surface area contributed by atoms with E-state index in [0.29, 0.717) is 46.4 Å². The molecule has 7 nitrogen and oxygen atoms in total. The third-order valence-corrected chi connectivity index (χ3v) is 7.65. The summed E-state index contributed by atoms with van der Waals surface area (Å²) in [6, 6.07) is 5.10. The molecule has 4 heterocycles. The molecule has 2 bridgehead atoms. The first-order chi connectivity index (χ1) is 16.8. The van der Waals surface area contributed by atoms with E-state index in [4.69, 9.17) is 10.1 Å². The monoisotopic (exact) mass is 479 g/mol. The van der Waals surface area contributed by atoms with Crippen molar-refractivity contribution in [1.29, 1.82) is 5.41 Å². The highest BCUT2D eigenvalue weighted by Gasteiger charge is 2.45. The van der Waals surface area contributed by atoms with Gasteiger partial charge in [0.15, 0.2) is 0 Å². The Labute approximate surface area is 206 Å². The lowest BCUT2D eigenvalue weighted by Crippen LogP contribution is -2.47. The minimum Gasteiger partial charge on any atom is -0.489 e. The highest BCUT2D eigenvalue weighted by Crippen LogP contribution is 2.41. The van der Waals surface area contributed by atoms with E-state index in [1.165, 1.54) is 18.2 Å². The van der Waals surface area contributed by atoms with Crippen molar-refractivity contribution in [3.05, 3.63) is 52.7 Å². The number of fused-ring (bicyclic) bond motifs is 2. The first-order valence-electron chi connectivity index (χ1n) is 12.6.